The first-order chi connectivity index (χ1) is 18.7. The summed E-state index contributed by atoms with van der Waals surface area (Å²) < 4.78 is 12.4. The summed E-state index contributed by atoms with van der Waals surface area (Å²) in [7, 11) is 1.75. The highest BCUT2D eigenvalue weighted by molar-refractivity contribution is 8.00. The van der Waals surface area contributed by atoms with Crippen molar-refractivity contribution in [3.63, 3.8) is 0 Å². The molecule has 1 aromatic carbocycles. The van der Waals surface area contributed by atoms with E-state index in [9.17, 15) is 14.4 Å². The SMILES string of the molecule is CCOC(=O)c1c(NC(=O)[C@H](C)Sc2nnc(CNC(=O)COc3ccc(Cl)cc3Cl)n2C)sc2c1CCC2. The molecule has 0 unspecified atom stereocenters. The molecule has 0 aliphatic heterocycles. The van der Waals surface area contributed by atoms with Gasteiger partial charge in [0.1, 0.15) is 10.8 Å². The Balaban J connectivity index is 1.31. The molecule has 0 saturated carbocycles. The van der Waals surface area contributed by atoms with Crippen molar-refractivity contribution in [2.24, 2.45) is 7.05 Å². The molecule has 4 rings (SSSR count). The number of halogens is 2. The number of fused-ring (bicyclic) bond motifs is 1. The zero-order chi connectivity index (χ0) is 28.1. The van der Waals surface area contributed by atoms with E-state index in [0.29, 0.717) is 37.3 Å². The van der Waals surface area contributed by atoms with Crippen molar-refractivity contribution in [1.82, 2.24) is 20.1 Å². The maximum atomic E-state index is 13.0. The van der Waals surface area contributed by atoms with E-state index in [0.717, 1.165) is 29.7 Å². The number of rotatable bonds is 11. The summed E-state index contributed by atoms with van der Waals surface area (Å²) in [5, 5.41) is 15.2. The molecule has 1 aliphatic rings. The third-order valence-electron chi connectivity index (χ3n) is 5.91. The lowest BCUT2D eigenvalue weighted by Gasteiger charge is -2.12. The van der Waals surface area contributed by atoms with Crippen molar-refractivity contribution < 1.29 is 23.9 Å². The van der Waals surface area contributed by atoms with Crippen LogP contribution in [0.1, 0.15) is 46.9 Å². The summed E-state index contributed by atoms with van der Waals surface area (Å²) in [4.78, 5) is 39.0. The lowest BCUT2D eigenvalue weighted by molar-refractivity contribution is -0.123. The normalized spacial score (nSPS) is 13.1. The molecule has 14 heteroatoms. The number of thiophene rings is 1. The van der Waals surface area contributed by atoms with Gasteiger partial charge in [-0.2, -0.15) is 0 Å². The number of amides is 2. The Kier molecular flexibility index (Phi) is 9.76. The van der Waals surface area contributed by atoms with Crippen molar-refractivity contribution in [3.05, 3.63) is 50.1 Å². The first-order valence-electron chi connectivity index (χ1n) is 12.2. The van der Waals surface area contributed by atoms with Gasteiger partial charge in [-0.15, -0.1) is 21.5 Å². The molecule has 3 aromatic rings. The van der Waals surface area contributed by atoms with Crippen LogP contribution < -0.4 is 15.4 Å². The molecule has 0 spiro atoms. The Hall–Kier alpha value is -2.80. The summed E-state index contributed by atoms with van der Waals surface area (Å²) in [6.07, 6.45) is 2.69. The fourth-order valence-electron chi connectivity index (χ4n) is 3.90. The van der Waals surface area contributed by atoms with Crippen molar-refractivity contribution in [1.29, 1.82) is 0 Å². The summed E-state index contributed by atoms with van der Waals surface area (Å²) in [5.74, 6) is -0.189. The smallest absolute Gasteiger partial charge is 0.341 e. The number of aryl methyl sites for hydroxylation is 1. The number of benzene rings is 1. The zero-order valence-electron chi connectivity index (χ0n) is 21.5. The van der Waals surface area contributed by atoms with E-state index in [1.54, 1.807) is 37.6 Å². The Bertz CT molecular complexity index is 1390. The monoisotopic (exact) mass is 611 g/mol. The van der Waals surface area contributed by atoms with E-state index in [1.165, 1.54) is 29.2 Å². The molecule has 2 aromatic heterocycles. The second-order valence-corrected chi connectivity index (χ2v) is 11.9. The van der Waals surface area contributed by atoms with Gasteiger partial charge in [-0.25, -0.2) is 4.79 Å². The Morgan fingerprint density at radius 2 is 2.03 bits per heavy atom. The number of carbonyl (C=O) groups is 3. The van der Waals surface area contributed by atoms with Crippen LogP contribution in [-0.4, -0.2) is 51.0 Å². The molecule has 0 bridgehead atoms. The second-order valence-electron chi connectivity index (χ2n) is 8.63. The van der Waals surface area contributed by atoms with Crippen LogP contribution in [0.3, 0.4) is 0 Å². The van der Waals surface area contributed by atoms with Gasteiger partial charge in [-0.3, -0.25) is 9.59 Å². The van der Waals surface area contributed by atoms with Crippen molar-refractivity contribution >= 4 is 69.1 Å². The van der Waals surface area contributed by atoms with Gasteiger partial charge in [0.25, 0.3) is 5.91 Å². The fraction of sp³-hybridized carbons (Fsp3) is 0.400. The summed E-state index contributed by atoms with van der Waals surface area (Å²) in [5.41, 5.74) is 1.45. The average Bonchev–Trinajstić information content (AvgIpc) is 3.57. The molecule has 10 nitrogen and oxygen atoms in total. The highest BCUT2D eigenvalue weighted by Gasteiger charge is 2.29. The highest BCUT2D eigenvalue weighted by atomic mass is 35.5. The molecule has 39 heavy (non-hydrogen) atoms. The van der Waals surface area contributed by atoms with E-state index in [1.807, 2.05) is 0 Å². The van der Waals surface area contributed by atoms with Crippen LogP contribution in [0.15, 0.2) is 23.4 Å². The molecule has 2 N–H and O–H groups in total. The minimum Gasteiger partial charge on any atom is -0.482 e. The second kappa shape index (κ2) is 13.0. The number of thioether (sulfide) groups is 1. The van der Waals surface area contributed by atoms with E-state index in [-0.39, 0.29) is 31.6 Å². The lowest BCUT2D eigenvalue weighted by Crippen LogP contribution is -2.29. The number of anilines is 1. The maximum Gasteiger partial charge on any atom is 0.341 e. The molecule has 0 radical (unpaired) electrons. The number of nitrogens with one attached hydrogen (secondary N) is 2. The van der Waals surface area contributed by atoms with Gasteiger partial charge in [0, 0.05) is 16.9 Å². The van der Waals surface area contributed by atoms with E-state index < -0.39 is 11.2 Å². The van der Waals surface area contributed by atoms with Gasteiger partial charge >= 0.3 is 5.97 Å². The quantitative estimate of drug-likeness (QED) is 0.237. The summed E-state index contributed by atoms with van der Waals surface area (Å²) >= 11 is 14.6. The van der Waals surface area contributed by atoms with Crippen LogP contribution in [0.5, 0.6) is 5.75 Å². The van der Waals surface area contributed by atoms with Crippen LogP contribution in [-0.2, 0) is 40.8 Å². The number of hydrogen-bond donors (Lipinski definition) is 2. The lowest BCUT2D eigenvalue weighted by atomic mass is 10.1. The first kappa shape index (κ1) is 29.2. The van der Waals surface area contributed by atoms with Crippen LogP contribution in [0, 0.1) is 0 Å². The van der Waals surface area contributed by atoms with E-state index in [4.69, 9.17) is 32.7 Å². The highest BCUT2D eigenvalue weighted by Crippen LogP contribution is 2.40. The Labute approximate surface area is 243 Å². The fourth-order valence-corrected chi connectivity index (χ4v) is 6.48. The number of esters is 1. The van der Waals surface area contributed by atoms with Crippen molar-refractivity contribution in [2.75, 3.05) is 18.5 Å². The average molecular weight is 613 g/mol. The van der Waals surface area contributed by atoms with Crippen molar-refractivity contribution in [3.8, 4) is 5.75 Å². The van der Waals surface area contributed by atoms with Gasteiger partial charge in [-0.05, 0) is 56.9 Å². The van der Waals surface area contributed by atoms with Crippen LogP contribution in [0.2, 0.25) is 10.0 Å². The van der Waals surface area contributed by atoms with Gasteiger partial charge in [-0.1, -0.05) is 35.0 Å². The predicted octanol–water partition coefficient (Wildman–Crippen LogP) is 4.66. The van der Waals surface area contributed by atoms with Crippen molar-refractivity contribution in [2.45, 2.75) is 50.1 Å². The minimum absolute atomic E-state index is 0.116. The van der Waals surface area contributed by atoms with E-state index >= 15 is 0 Å². The van der Waals surface area contributed by atoms with Gasteiger partial charge in [0.05, 0.1) is 29.0 Å². The zero-order valence-corrected chi connectivity index (χ0v) is 24.7. The standard InChI is InChI=1S/C25H27Cl2N5O5S2/c1-4-36-24(35)21-15-6-5-7-18(15)39-23(21)29-22(34)13(2)38-25-31-30-19(32(25)3)11-28-20(33)12-37-17-9-8-14(26)10-16(17)27/h8-10,13H,4-7,11-12H2,1-3H3,(H,28,33)(H,29,34)/t13-/m0/s1. The predicted molar refractivity (Wildman–Crippen MR) is 151 cm³/mol. The molecular weight excluding hydrogens is 585 g/mol. The maximum absolute atomic E-state index is 13.0. The van der Waals surface area contributed by atoms with Gasteiger partial charge in [0.2, 0.25) is 5.91 Å². The third kappa shape index (κ3) is 7.05. The third-order valence-corrected chi connectivity index (χ3v) is 8.78. The van der Waals surface area contributed by atoms with E-state index in [2.05, 4.69) is 20.8 Å². The summed E-state index contributed by atoms with van der Waals surface area (Å²) in [6.45, 7) is 3.65. The van der Waals surface area contributed by atoms with Crippen LogP contribution in [0.25, 0.3) is 0 Å². The van der Waals surface area contributed by atoms with Gasteiger partial charge in [0.15, 0.2) is 17.6 Å². The first-order valence-corrected chi connectivity index (χ1v) is 14.6. The summed E-state index contributed by atoms with van der Waals surface area (Å²) in [6, 6.07) is 4.74. The molecule has 208 valence electrons. The van der Waals surface area contributed by atoms with Crippen LogP contribution in [0.4, 0.5) is 5.00 Å². The molecule has 1 aliphatic carbocycles. The molecule has 1 atom stereocenters. The molecular formula is C25H27Cl2N5O5S2. The number of aromatic nitrogens is 3. The largest absolute Gasteiger partial charge is 0.482 e. The molecule has 0 fully saturated rings. The van der Waals surface area contributed by atoms with Gasteiger partial charge < -0.3 is 24.7 Å². The van der Waals surface area contributed by atoms with Crippen LogP contribution >= 0.6 is 46.3 Å². The topological polar surface area (TPSA) is 124 Å². The number of hydrogen-bond acceptors (Lipinski definition) is 9. The number of nitrogens with zero attached hydrogens (tertiary/aromatic N) is 3. The number of ether oxygens (including phenoxy) is 2. The minimum atomic E-state index is -0.528. The molecule has 2 amide bonds. The Morgan fingerprint density at radius 1 is 1.23 bits per heavy atom. The Morgan fingerprint density at radius 3 is 2.77 bits per heavy atom. The number of carbonyl (C=O) groups excluding carboxylic acids is 3. The molecule has 2 heterocycles. The molecule has 0 saturated heterocycles.